The van der Waals surface area contributed by atoms with E-state index in [-0.39, 0.29) is 24.2 Å². The average Bonchev–Trinajstić information content (AvgIpc) is 2.39. The summed E-state index contributed by atoms with van der Waals surface area (Å²) in [5.41, 5.74) is 12.0. The molecule has 0 aliphatic heterocycles. The lowest BCUT2D eigenvalue weighted by Gasteiger charge is -2.17. The predicted molar refractivity (Wildman–Crippen MR) is 75.1 cm³/mol. The molecule has 8 heteroatoms. The highest BCUT2D eigenvalue weighted by Crippen LogP contribution is 2.28. The van der Waals surface area contributed by atoms with E-state index in [1.165, 1.54) is 24.3 Å². The predicted octanol–water partition coefficient (Wildman–Crippen LogP) is 3.47. The van der Waals surface area contributed by atoms with E-state index in [0.717, 1.165) is 18.4 Å². The quantitative estimate of drug-likeness (QED) is 0.566. The lowest BCUT2D eigenvalue weighted by molar-refractivity contribution is -0.253. The van der Waals surface area contributed by atoms with E-state index in [9.17, 15) is 17.6 Å². The molecular weight excluding hydrogens is 312 g/mol. The molecular formula is C13H19ClF4N2O. The van der Waals surface area contributed by atoms with Gasteiger partial charge in [0, 0.05) is 6.04 Å². The van der Waals surface area contributed by atoms with Gasteiger partial charge in [-0.25, -0.2) is 0 Å². The smallest absolute Gasteiger partial charge is 0.428 e. The van der Waals surface area contributed by atoms with E-state index in [1.54, 1.807) is 0 Å². The summed E-state index contributed by atoms with van der Waals surface area (Å²) >= 11 is 0. The number of hydrogen-bond donors (Lipinski definition) is 2. The number of nitrogens with two attached hydrogens (primary N) is 2. The molecule has 0 bridgehead atoms. The molecule has 21 heavy (non-hydrogen) atoms. The van der Waals surface area contributed by atoms with E-state index in [0.29, 0.717) is 13.0 Å². The molecule has 122 valence electrons. The Hall–Kier alpha value is -1.05. The summed E-state index contributed by atoms with van der Waals surface area (Å²) in [5, 5.41) is 0. The van der Waals surface area contributed by atoms with Gasteiger partial charge in [0.25, 0.3) is 0 Å². The van der Waals surface area contributed by atoms with E-state index < -0.39 is 12.5 Å². The first-order valence-electron chi connectivity index (χ1n) is 6.27. The van der Waals surface area contributed by atoms with Gasteiger partial charge in [-0.2, -0.15) is 17.6 Å². The van der Waals surface area contributed by atoms with E-state index in [1.807, 2.05) is 0 Å². The molecule has 0 saturated carbocycles. The molecule has 0 aromatic heterocycles. The maximum absolute atomic E-state index is 12.7. The Morgan fingerprint density at radius 3 is 2.14 bits per heavy atom. The second-order valence-corrected chi connectivity index (χ2v) is 4.42. The van der Waals surface area contributed by atoms with Crippen LogP contribution in [-0.4, -0.2) is 19.1 Å². The van der Waals surface area contributed by atoms with Gasteiger partial charge >= 0.3 is 12.5 Å². The summed E-state index contributed by atoms with van der Waals surface area (Å²) in [5.74, 6) is -0.326. The van der Waals surface area contributed by atoms with Gasteiger partial charge in [0.15, 0.2) is 0 Å². The molecule has 0 fully saturated rings. The summed E-state index contributed by atoms with van der Waals surface area (Å²) in [6, 6.07) is 5.14. The molecule has 0 radical (unpaired) electrons. The van der Waals surface area contributed by atoms with Crippen LogP contribution >= 0.6 is 12.4 Å². The van der Waals surface area contributed by atoms with E-state index in [4.69, 9.17) is 11.5 Å². The zero-order valence-electron chi connectivity index (χ0n) is 11.3. The molecule has 1 aromatic carbocycles. The minimum atomic E-state index is -4.50. The van der Waals surface area contributed by atoms with Crippen molar-refractivity contribution < 1.29 is 22.3 Å². The third kappa shape index (κ3) is 6.50. The van der Waals surface area contributed by atoms with Gasteiger partial charge in [-0.05, 0) is 37.1 Å². The average molecular weight is 331 g/mol. The number of ether oxygens (including phenoxy) is 1. The van der Waals surface area contributed by atoms with Gasteiger partial charge < -0.3 is 16.2 Å². The van der Waals surface area contributed by atoms with Crippen LogP contribution in [0.1, 0.15) is 30.9 Å². The van der Waals surface area contributed by atoms with Crippen molar-refractivity contribution in [3.05, 3.63) is 29.8 Å². The van der Waals surface area contributed by atoms with Crippen LogP contribution in [0.4, 0.5) is 17.6 Å². The topological polar surface area (TPSA) is 61.3 Å². The first-order valence-corrected chi connectivity index (χ1v) is 6.27. The third-order valence-corrected chi connectivity index (χ3v) is 2.79. The van der Waals surface area contributed by atoms with Crippen LogP contribution in [0.2, 0.25) is 0 Å². The third-order valence-electron chi connectivity index (χ3n) is 2.79. The fourth-order valence-electron chi connectivity index (χ4n) is 1.66. The largest absolute Gasteiger partial charge is 0.461 e. The second kappa shape index (κ2) is 9.07. The van der Waals surface area contributed by atoms with Crippen LogP contribution in [0.3, 0.4) is 0 Å². The molecule has 0 heterocycles. The van der Waals surface area contributed by atoms with Gasteiger partial charge in [-0.1, -0.05) is 18.6 Å². The van der Waals surface area contributed by atoms with Crippen molar-refractivity contribution in [2.24, 2.45) is 11.5 Å². The summed E-state index contributed by atoms with van der Waals surface area (Å²) in [6.45, 7) is 0.586. The highest BCUT2D eigenvalue weighted by atomic mass is 35.5. The molecule has 1 aromatic rings. The van der Waals surface area contributed by atoms with Crippen molar-refractivity contribution >= 4 is 12.4 Å². The number of rotatable bonds is 8. The Bertz CT molecular complexity index is 404. The number of hydrogen-bond acceptors (Lipinski definition) is 3. The van der Waals surface area contributed by atoms with Crippen molar-refractivity contribution in [3.8, 4) is 5.75 Å². The van der Waals surface area contributed by atoms with Crippen molar-refractivity contribution in [2.75, 3.05) is 6.54 Å². The maximum atomic E-state index is 12.7. The zero-order valence-corrected chi connectivity index (χ0v) is 12.1. The molecule has 0 amide bonds. The molecule has 0 aliphatic carbocycles. The van der Waals surface area contributed by atoms with Crippen LogP contribution in [0.5, 0.6) is 5.75 Å². The highest BCUT2D eigenvalue weighted by molar-refractivity contribution is 5.85. The Kier molecular flexibility index (Phi) is 8.61. The Morgan fingerprint density at radius 1 is 1.10 bits per heavy atom. The van der Waals surface area contributed by atoms with Crippen LogP contribution < -0.4 is 16.2 Å². The maximum Gasteiger partial charge on any atom is 0.461 e. The molecule has 0 saturated heterocycles. The Balaban J connectivity index is 0.00000400. The van der Waals surface area contributed by atoms with Gasteiger partial charge in [-0.3, -0.25) is 0 Å². The van der Waals surface area contributed by atoms with Gasteiger partial charge in [0.05, 0.1) is 0 Å². The van der Waals surface area contributed by atoms with Crippen LogP contribution in [-0.2, 0) is 0 Å². The SMILES string of the molecule is Cl.NCCCC[C@H](N)c1ccc(OC(F)(F)C(F)F)cc1. The second-order valence-electron chi connectivity index (χ2n) is 4.42. The lowest BCUT2D eigenvalue weighted by atomic mass is 10.0. The molecule has 0 unspecified atom stereocenters. The number of halogens is 5. The molecule has 3 nitrogen and oxygen atoms in total. The number of unbranched alkanes of at least 4 members (excludes halogenated alkanes) is 1. The lowest BCUT2D eigenvalue weighted by Crippen LogP contribution is -2.33. The Labute approximate surface area is 127 Å². The number of benzene rings is 1. The van der Waals surface area contributed by atoms with Gasteiger partial charge in [0.1, 0.15) is 5.75 Å². The number of alkyl halides is 4. The minimum absolute atomic E-state index is 0. The first kappa shape index (κ1) is 19.9. The minimum Gasteiger partial charge on any atom is -0.428 e. The summed E-state index contributed by atoms with van der Waals surface area (Å²) in [7, 11) is 0. The van der Waals surface area contributed by atoms with E-state index in [2.05, 4.69) is 4.74 Å². The fraction of sp³-hybridized carbons (Fsp3) is 0.538. The Morgan fingerprint density at radius 2 is 1.67 bits per heavy atom. The van der Waals surface area contributed by atoms with Crippen molar-refractivity contribution in [1.29, 1.82) is 0 Å². The van der Waals surface area contributed by atoms with Crippen LogP contribution in [0.25, 0.3) is 0 Å². The normalized spacial score (nSPS) is 12.9. The fourth-order valence-corrected chi connectivity index (χ4v) is 1.66. The molecule has 1 atom stereocenters. The summed E-state index contributed by atoms with van der Waals surface area (Å²) in [4.78, 5) is 0. The van der Waals surface area contributed by atoms with Crippen LogP contribution in [0.15, 0.2) is 24.3 Å². The molecule has 1 rings (SSSR count). The van der Waals surface area contributed by atoms with Gasteiger partial charge in [-0.15, -0.1) is 12.4 Å². The van der Waals surface area contributed by atoms with Crippen molar-refractivity contribution in [2.45, 2.75) is 37.8 Å². The van der Waals surface area contributed by atoms with Crippen LogP contribution in [0, 0.1) is 0 Å². The summed E-state index contributed by atoms with van der Waals surface area (Å²) in [6.07, 6.45) is -5.94. The van der Waals surface area contributed by atoms with Crippen molar-refractivity contribution in [1.82, 2.24) is 0 Å². The monoisotopic (exact) mass is 330 g/mol. The standard InChI is InChI=1S/C13H18F4N2O.ClH/c14-12(15)13(16,17)20-10-6-4-9(5-7-10)11(19)3-1-2-8-18;/h4-7,11-12H,1-3,8,18-19H2;1H/t11-;/m0./s1. The molecule has 0 aliphatic rings. The zero-order chi connectivity index (χ0) is 15.2. The molecule has 4 N–H and O–H groups in total. The van der Waals surface area contributed by atoms with Crippen molar-refractivity contribution in [3.63, 3.8) is 0 Å². The van der Waals surface area contributed by atoms with Gasteiger partial charge in [0.2, 0.25) is 0 Å². The summed E-state index contributed by atoms with van der Waals surface area (Å²) < 4.78 is 53.3. The molecule has 0 spiro atoms. The van der Waals surface area contributed by atoms with E-state index >= 15 is 0 Å². The highest BCUT2D eigenvalue weighted by Gasteiger charge is 2.43. The first-order chi connectivity index (χ1) is 9.36.